The zero-order valence-electron chi connectivity index (χ0n) is 12.9. The molecule has 23 heavy (non-hydrogen) atoms. The Morgan fingerprint density at radius 2 is 1.70 bits per heavy atom. The van der Waals surface area contributed by atoms with Crippen LogP contribution in [0, 0.1) is 6.92 Å². The quantitative estimate of drug-likeness (QED) is 0.475. The Hall–Kier alpha value is -2.44. The lowest BCUT2D eigenvalue weighted by molar-refractivity contribution is -0.129. The molecule has 0 atom stereocenters. The number of aryl methyl sites for hydroxylation is 1. The van der Waals surface area contributed by atoms with E-state index >= 15 is 0 Å². The molecule has 6 nitrogen and oxygen atoms in total. The van der Waals surface area contributed by atoms with Crippen molar-refractivity contribution in [1.82, 2.24) is 0 Å². The summed E-state index contributed by atoms with van der Waals surface area (Å²) in [4.78, 5) is 20.8. The lowest BCUT2D eigenvalue weighted by Gasteiger charge is -2.05. The van der Waals surface area contributed by atoms with E-state index in [9.17, 15) is 9.59 Å². The summed E-state index contributed by atoms with van der Waals surface area (Å²) in [5.74, 6) is -0.401. The average molecular weight is 320 g/mol. The highest BCUT2D eigenvalue weighted by molar-refractivity contribution is 5.95. The van der Waals surface area contributed by atoms with E-state index in [0.29, 0.717) is 12.0 Å². The second kappa shape index (κ2) is 10.3. The van der Waals surface area contributed by atoms with E-state index in [2.05, 4.69) is 10.8 Å². The molecule has 0 amide bonds. The Balaban J connectivity index is 0.000000379. The summed E-state index contributed by atoms with van der Waals surface area (Å²) in [5, 5.41) is 18.6. The van der Waals surface area contributed by atoms with E-state index in [1.54, 1.807) is 12.1 Å². The van der Waals surface area contributed by atoms with Crippen LogP contribution in [0.15, 0.2) is 36.4 Å². The molecule has 0 bridgehead atoms. The molecule has 0 heterocycles. The van der Waals surface area contributed by atoms with Crippen LogP contribution in [0.25, 0.3) is 10.8 Å². The maximum atomic E-state index is 11.6. The van der Waals surface area contributed by atoms with Crippen LogP contribution >= 0.6 is 0 Å². The van der Waals surface area contributed by atoms with Gasteiger partial charge < -0.3 is 19.7 Å². The highest BCUT2D eigenvalue weighted by Crippen LogP contribution is 2.18. The largest absolute Gasteiger partial charge is 0.465 e. The van der Waals surface area contributed by atoms with Gasteiger partial charge in [-0.05, 0) is 29.8 Å². The molecule has 2 aromatic rings. The molecule has 0 aliphatic heterocycles. The van der Waals surface area contributed by atoms with E-state index in [4.69, 9.17) is 14.9 Å². The maximum Gasteiger partial charge on any atom is 0.338 e. The summed E-state index contributed by atoms with van der Waals surface area (Å²) in [5.41, 5.74) is 1.70. The van der Waals surface area contributed by atoms with Gasteiger partial charge in [-0.3, -0.25) is 4.79 Å². The molecule has 2 aromatic carbocycles. The number of carbonyl (C=O) groups excluding carboxylic acids is 2. The number of carbonyl (C=O) groups is 2. The summed E-state index contributed by atoms with van der Waals surface area (Å²) < 4.78 is 8.91. The van der Waals surface area contributed by atoms with Gasteiger partial charge in [0, 0.05) is 0 Å². The summed E-state index contributed by atoms with van der Waals surface area (Å²) in [7, 11) is 0. The van der Waals surface area contributed by atoms with Crippen LogP contribution in [-0.2, 0) is 14.3 Å². The minimum Gasteiger partial charge on any atom is -0.465 e. The Bertz CT molecular complexity index is 638. The maximum absolute atomic E-state index is 11.6. The van der Waals surface area contributed by atoms with Crippen molar-refractivity contribution in [3.05, 3.63) is 47.5 Å². The molecule has 2 rings (SSSR count). The van der Waals surface area contributed by atoms with Crippen LogP contribution in [0.2, 0.25) is 0 Å². The van der Waals surface area contributed by atoms with Crippen molar-refractivity contribution < 1.29 is 29.3 Å². The summed E-state index contributed by atoms with van der Waals surface area (Å²) >= 11 is 0. The van der Waals surface area contributed by atoms with Crippen molar-refractivity contribution in [3.63, 3.8) is 0 Å². The van der Waals surface area contributed by atoms with Crippen LogP contribution in [0.3, 0.4) is 0 Å². The first kappa shape index (κ1) is 18.6. The number of esters is 1. The van der Waals surface area contributed by atoms with Crippen molar-refractivity contribution in [2.75, 3.05) is 26.4 Å². The fraction of sp³-hybridized carbons (Fsp3) is 0.294. The van der Waals surface area contributed by atoms with Gasteiger partial charge in [0.15, 0.2) is 0 Å². The molecule has 0 saturated heterocycles. The third-order valence-electron chi connectivity index (χ3n) is 2.83. The number of hydrogen-bond donors (Lipinski definition) is 2. The Morgan fingerprint density at radius 3 is 2.30 bits per heavy atom. The van der Waals surface area contributed by atoms with Crippen LogP contribution in [0.5, 0.6) is 0 Å². The van der Waals surface area contributed by atoms with Gasteiger partial charge in [0.1, 0.15) is 13.2 Å². The van der Waals surface area contributed by atoms with Gasteiger partial charge in [-0.1, -0.05) is 29.8 Å². The first-order chi connectivity index (χ1) is 11.1. The fourth-order valence-electron chi connectivity index (χ4n) is 1.81. The molecule has 124 valence electrons. The Labute approximate surface area is 134 Å². The molecule has 0 fully saturated rings. The highest BCUT2D eigenvalue weighted by Gasteiger charge is 2.07. The smallest absolute Gasteiger partial charge is 0.338 e. The molecule has 0 aliphatic rings. The standard InChI is InChI=1S/C14H14O3.C3H6O3/c1-10-2-3-12-9-13(5-4-11(12)8-10)14(16)17-7-6-15;4-1-2-6-3-5/h2-5,8-9,15H,6-7H2,1H3;3-4H,1-2H2. The van der Waals surface area contributed by atoms with Gasteiger partial charge in [0.05, 0.1) is 18.8 Å². The predicted molar refractivity (Wildman–Crippen MR) is 85.2 cm³/mol. The molecule has 0 aromatic heterocycles. The Kier molecular flexibility index (Phi) is 8.34. The normalized spacial score (nSPS) is 9.70. The van der Waals surface area contributed by atoms with Crippen molar-refractivity contribution in [2.24, 2.45) is 0 Å². The van der Waals surface area contributed by atoms with Crippen molar-refractivity contribution >= 4 is 23.2 Å². The summed E-state index contributed by atoms with van der Waals surface area (Å²) in [6.45, 7) is 2.21. The SMILES string of the molecule is Cc1ccc2cc(C(=O)OCCO)ccc2c1.O=COCCO. The van der Waals surface area contributed by atoms with Crippen molar-refractivity contribution in [1.29, 1.82) is 0 Å². The molecule has 6 heteroatoms. The summed E-state index contributed by atoms with van der Waals surface area (Å²) in [6, 6.07) is 11.5. The molecule has 0 saturated carbocycles. The molecule has 0 radical (unpaired) electrons. The zero-order chi connectivity index (χ0) is 17.1. The lowest BCUT2D eigenvalue weighted by atomic mass is 10.0. The van der Waals surface area contributed by atoms with Crippen LogP contribution in [0.1, 0.15) is 15.9 Å². The molecular formula is C17H20O6. The number of aliphatic hydroxyl groups is 2. The minimum atomic E-state index is -0.401. The summed E-state index contributed by atoms with van der Waals surface area (Å²) in [6.07, 6.45) is 0. The van der Waals surface area contributed by atoms with Crippen molar-refractivity contribution in [2.45, 2.75) is 6.92 Å². The van der Waals surface area contributed by atoms with Crippen molar-refractivity contribution in [3.8, 4) is 0 Å². The van der Waals surface area contributed by atoms with Gasteiger partial charge in [0.2, 0.25) is 0 Å². The van der Waals surface area contributed by atoms with E-state index in [1.807, 2.05) is 25.1 Å². The third kappa shape index (κ3) is 6.46. The number of aliphatic hydroxyl groups excluding tert-OH is 2. The first-order valence-electron chi connectivity index (χ1n) is 7.07. The number of hydrogen-bond acceptors (Lipinski definition) is 6. The van der Waals surface area contributed by atoms with Gasteiger partial charge in [-0.15, -0.1) is 0 Å². The molecule has 0 spiro atoms. The second-order valence-electron chi connectivity index (χ2n) is 4.62. The first-order valence-corrected chi connectivity index (χ1v) is 7.07. The molecule has 2 N–H and O–H groups in total. The van der Waals surface area contributed by atoms with Gasteiger partial charge in [-0.25, -0.2) is 4.79 Å². The van der Waals surface area contributed by atoms with Crippen LogP contribution in [-0.4, -0.2) is 49.1 Å². The third-order valence-corrected chi connectivity index (χ3v) is 2.83. The predicted octanol–water partition coefficient (Wildman–Crippen LogP) is 1.45. The monoisotopic (exact) mass is 320 g/mol. The van der Waals surface area contributed by atoms with Crippen LogP contribution < -0.4 is 0 Å². The number of ether oxygens (including phenoxy) is 2. The average Bonchev–Trinajstić information content (AvgIpc) is 2.57. The lowest BCUT2D eigenvalue weighted by Crippen LogP contribution is -2.08. The molecule has 0 unspecified atom stereocenters. The topological polar surface area (TPSA) is 93.1 Å². The minimum absolute atomic E-state index is 0.0325. The highest BCUT2D eigenvalue weighted by atomic mass is 16.5. The number of benzene rings is 2. The second-order valence-corrected chi connectivity index (χ2v) is 4.62. The van der Waals surface area contributed by atoms with E-state index in [1.165, 1.54) is 5.56 Å². The number of fused-ring (bicyclic) bond motifs is 1. The number of rotatable bonds is 6. The van der Waals surface area contributed by atoms with Gasteiger partial charge >= 0.3 is 5.97 Å². The van der Waals surface area contributed by atoms with E-state index in [-0.39, 0.29) is 26.4 Å². The molecule has 0 aliphatic carbocycles. The van der Waals surface area contributed by atoms with E-state index in [0.717, 1.165) is 10.8 Å². The fourth-order valence-corrected chi connectivity index (χ4v) is 1.81. The van der Waals surface area contributed by atoms with Gasteiger partial charge in [0.25, 0.3) is 6.47 Å². The molecular weight excluding hydrogens is 300 g/mol. The van der Waals surface area contributed by atoms with E-state index < -0.39 is 5.97 Å². The Morgan fingerprint density at radius 1 is 1.04 bits per heavy atom. The zero-order valence-corrected chi connectivity index (χ0v) is 12.9. The van der Waals surface area contributed by atoms with Gasteiger partial charge in [-0.2, -0.15) is 0 Å². The van der Waals surface area contributed by atoms with Crippen LogP contribution in [0.4, 0.5) is 0 Å².